The summed E-state index contributed by atoms with van der Waals surface area (Å²) in [6.45, 7) is 3.87. The van der Waals surface area contributed by atoms with Crippen molar-refractivity contribution in [3.8, 4) is 0 Å². The number of rotatable bonds is 1. The van der Waals surface area contributed by atoms with Gasteiger partial charge in [0.2, 0.25) is 5.91 Å². The SMILES string of the molecule is Cc1ccc(C2=NC(C)C(=O)Nc3ccccc32)cc1. The molecule has 0 aliphatic carbocycles. The van der Waals surface area contributed by atoms with Crippen LogP contribution in [0, 0.1) is 6.92 Å². The monoisotopic (exact) mass is 264 g/mol. The number of aliphatic imine (C=N–C) groups is 1. The first-order valence-electron chi connectivity index (χ1n) is 6.70. The highest BCUT2D eigenvalue weighted by atomic mass is 16.2. The molecule has 3 rings (SSSR count). The quantitative estimate of drug-likeness (QED) is 0.844. The molecule has 2 aromatic carbocycles. The molecule has 0 saturated heterocycles. The second kappa shape index (κ2) is 4.93. The van der Waals surface area contributed by atoms with Gasteiger partial charge in [0.05, 0.1) is 11.4 Å². The number of amides is 1. The Hall–Kier alpha value is -2.42. The van der Waals surface area contributed by atoms with E-state index in [2.05, 4.69) is 29.4 Å². The average molecular weight is 264 g/mol. The zero-order chi connectivity index (χ0) is 14.1. The van der Waals surface area contributed by atoms with Gasteiger partial charge in [-0.15, -0.1) is 0 Å². The second-order valence-electron chi connectivity index (χ2n) is 5.05. The van der Waals surface area contributed by atoms with Gasteiger partial charge in [-0.1, -0.05) is 48.0 Å². The van der Waals surface area contributed by atoms with Gasteiger partial charge in [0.15, 0.2) is 0 Å². The Morgan fingerprint density at radius 3 is 2.50 bits per heavy atom. The molecule has 0 bridgehead atoms. The lowest BCUT2D eigenvalue weighted by molar-refractivity contribution is -0.116. The van der Waals surface area contributed by atoms with Crippen molar-refractivity contribution in [3.63, 3.8) is 0 Å². The number of carbonyl (C=O) groups is 1. The van der Waals surface area contributed by atoms with E-state index in [9.17, 15) is 4.79 Å². The number of fused-ring (bicyclic) bond motifs is 1. The summed E-state index contributed by atoms with van der Waals surface area (Å²) < 4.78 is 0. The molecule has 1 atom stereocenters. The molecule has 1 N–H and O–H groups in total. The third-order valence-corrected chi connectivity index (χ3v) is 3.47. The molecule has 1 aliphatic rings. The van der Waals surface area contributed by atoms with Crippen LogP contribution in [0.1, 0.15) is 23.6 Å². The molecule has 0 spiro atoms. The summed E-state index contributed by atoms with van der Waals surface area (Å²) in [5, 5.41) is 2.93. The van der Waals surface area contributed by atoms with Gasteiger partial charge >= 0.3 is 0 Å². The summed E-state index contributed by atoms with van der Waals surface area (Å²) in [6, 6.07) is 15.6. The minimum absolute atomic E-state index is 0.0699. The number of carbonyl (C=O) groups excluding carboxylic acids is 1. The van der Waals surface area contributed by atoms with Crippen molar-refractivity contribution in [3.05, 3.63) is 65.2 Å². The molecule has 0 saturated carbocycles. The van der Waals surface area contributed by atoms with Crippen LogP contribution in [0.5, 0.6) is 0 Å². The van der Waals surface area contributed by atoms with E-state index in [0.29, 0.717) is 0 Å². The topological polar surface area (TPSA) is 41.5 Å². The Balaban J connectivity index is 2.18. The van der Waals surface area contributed by atoms with E-state index in [4.69, 9.17) is 0 Å². The van der Waals surface area contributed by atoms with Crippen LogP contribution in [-0.4, -0.2) is 17.7 Å². The van der Waals surface area contributed by atoms with E-state index in [0.717, 1.165) is 22.5 Å². The van der Waals surface area contributed by atoms with Gasteiger partial charge in [0, 0.05) is 11.1 Å². The van der Waals surface area contributed by atoms with E-state index in [1.54, 1.807) is 0 Å². The van der Waals surface area contributed by atoms with Crippen LogP contribution in [0.2, 0.25) is 0 Å². The highest BCUT2D eigenvalue weighted by molar-refractivity contribution is 6.19. The van der Waals surface area contributed by atoms with Crippen molar-refractivity contribution < 1.29 is 4.79 Å². The first-order chi connectivity index (χ1) is 9.65. The largest absolute Gasteiger partial charge is 0.324 e. The highest BCUT2D eigenvalue weighted by Gasteiger charge is 2.22. The Morgan fingerprint density at radius 2 is 1.75 bits per heavy atom. The molecule has 1 heterocycles. The number of hydrogen-bond acceptors (Lipinski definition) is 2. The number of para-hydroxylation sites is 1. The van der Waals surface area contributed by atoms with Crippen LogP contribution >= 0.6 is 0 Å². The Morgan fingerprint density at radius 1 is 1.05 bits per heavy atom. The summed E-state index contributed by atoms with van der Waals surface area (Å²) in [6.07, 6.45) is 0. The van der Waals surface area contributed by atoms with Crippen molar-refractivity contribution in [1.29, 1.82) is 0 Å². The molecule has 0 fully saturated rings. The first-order valence-corrected chi connectivity index (χ1v) is 6.70. The van der Waals surface area contributed by atoms with Crippen LogP contribution < -0.4 is 5.32 Å². The zero-order valence-corrected chi connectivity index (χ0v) is 11.6. The third kappa shape index (κ3) is 2.23. The van der Waals surface area contributed by atoms with Gasteiger partial charge in [-0.05, 0) is 19.9 Å². The van der Waals surface area contributed by atoms with Gasteiger partial charge in [0.1, 0.15) is 6.04 Å². The molecular formula is C17H16N2O. The maximum absolute atomic E-state index is 12.0. The van der Waals surface area contributed by atoms with Gasteiger partial charge in [-0.2, -0.15) is 0 Å². The number of anilines is 1. The van der Waals surface area contributed by atoms with Gasteiger partial charge < -0.3 is 5.32 Å². The molecule has 100 valence electrons. The molecule has 1 aliphatic heterocycles. The summed E-state index contributed by atoms with van der Waals surface area (Å²) in [5.41, 5.74) is 4.89. The molecular weight excluding hydrogens is 248 g/mol. The van der Waals surface area contributed by atoms with Crippen molar-refractivity contribution in [2.75, 3.05) is 5.32 Å². The molecule has 2 aromatic rings. The minimum atomic E-state index is -0.390. The number of aryl methyl sites for hydroxylation is 1. The van der Waals surface area contributed by atoms with Crippen LogP contribution in [0.3, 0.4) is 0 Å². The lowest BCUT2D eigenvalue weighted by Gasteiger charge is -2.09. The molecule has 3 nitrogen and oxygen atoms in total. The fourth-order valence-electron chi connectivity index (χ4n) is 2.30. The lowest BCUT2D eigenvalue weighted by atomic mass is 10.00. The summed E-state index contributed by atoms with van der Waals surface area (Å²) in [5.74, 6) is -0.0699. The van der Waals surface area contributed by atoms with E-state index in [1.807, 2.05) is 43.3 Å². The van der Waals surface area contributed by atoms with E-state index in [1.165, 1.54) is 5.56 Å². The third-order valence-electron chi connectivity index (χ3n) is 3.47. The van der Waals surface area contributed by atoms with Crippen molar-refractivity contribution in [2.45, 2.75) is 19.9 Å². The predicted octanol–water partition coefficient (Wildman–Crippen LogP) is 3.17. The predicted molar refractivity (Wildman–Crippen MR) is 81.4 cm³/mol. The Kier molecular flexibility index (Phi) is 3.11. The molecule has 0 aromatic heterocycles. The smallest absolute Gasteiger partial charge is 0.248 e. The fourth-order valence-corrected chi connectivity index (χ4v) is 2.30. The van der Waals surface area contributed by atoms with Crippen molar-refractivity contribution in [2.24, 2.45) is 4.99 Å². The first kappa shape index (κ1) is 12.6. The number of hydrogen-bond donors (Lipinski definition) is 1. The molecule has 1 unspecified atom stereocenters. The standard InChI is InChI=1S/C17H16N2O/c1-11-7-9-13(10-8-11)16-14-5-3-4-6-15(14)19-17(20)12(2)18-16/h3-10,12H,1-2H3,(H,19,20). The summed E-state index contributed by atoms with van der Waals surface area (Å²) >= 11 is 0. The minimum Gasteiger partial charge on any atom is -0.324 e. The van der Waals surface area contributed by atoms with Crippen LogP contribution in [-0.2, 0) is 4.79 Å². The number of benzodiazepines with no additional fused rings is 1. The van der Waals surface area contributed by atoms with Crippen molar-refractivity contribution >= 4 is 17.3 Å². The number of nitrogens with one attached hydrogen (secondary N) is 1. The van der Waals surface area contributed by atoms with Crippen molar-refractivity contribution in [1.82, 2.24) is 0 Å². The van der Waals surface area contributed by atoms with Gasteiger partial charge in [-0.3, -0.25) is 9.79 Å². The highest BCUT2D eigenvalue weighted by Crippen LogP contribution is 2.24. The van der Waals surface area contributed by atoms with Crippen LogP contribution in [0.15, 0.2) is 53.5 Å². The van der Waals surface area contributed by atoms with Crippen LogP contribution in [0.4, 0.5) is 5.69 Å². The Labute approximate surface area is 118 Å². The van der Waals surface area contributed by atoms with E-state index in [-0.39, 0.29) is 5.91 Å². The van der Waals surface area contributed by atoms with Gasteiger partial charge in [0.25, 0.3) is 0 Å². The van der Waals surface area contributed by atoms with E-state index < -0.39 is 6.04 Å². The Bertz CT molecular complexity index is 686. The van der Waals surface area contributed by atoms with E-state index >= 15 is 0 Å². The fraction of sp³-hybridized carbons (Fsp3) is 0.176. The molecule has 20 heavy (non-hydrogen) atoms. The number of nitrogens with zero attached hydrogens (tertiary/aromatic N) is 1. The molecule has 0 radical (unpaired) electrons. The summed E-state index contributed by atoms with van der Waals surface area (Å²) in [4.78, 5) is 16.6. The van der Waals surface area contributed by atoms with Gasteiger partial charge in [-0.25, -0.2) is 0 Å². The second-order valence-corrected chi connectivity index (χ2v) is 5.05. The zero-order valence-electron chi connectivity index (χ0n) is 11.6. The summed E-state index contributed by atoms with van der Waals surface area (Å²) in [7, 11) is 0. The molecule has 3 heteroatoms. The normalized spacial score (nSPS) is 17.8. The maximum atomic E-state index is 12.0. The molecule has 1 amide bonds. The average Bonchev–Trinajstić information content (AvgIpc) is 2.58. The van der Waals surface area contributed by atoms with Crippen LogP contribution in [0.25, 0.3) is 0 Å². The maximum Gasteiger partial charge on any atom is 0.248 e. The lowest BCUT2D eigenvalue weighted by Crippen LogP contribution is -2.22. The number of benzene rings is 2.